The number of carbonyl (C=O) groups is 1. The average Bonchev–Trinajstić information content (AvgIpc) is 2.86. The van der Waals surface area contributed by atoms with E-state index in [1.54, 1.807) is 18.2 Å². The number of hydrogen-bond acceptors (Lipinski definition) is 3. The Bertz CT molecular complexity index is 434. The first-order valence-electron chi connectivity index (χ1n) is 6.94. The van der Waals surface area contributed by atoms with Crippen molar-refractivity contribution in [2.75, 3.05) is 13.1 Å². The van der Waals surface area contributed by atoms with Crippen LogP contribution in [0.3, 0.4) is 0 Å². The number of nitrogens with one attached hydrogen (secondary N) is 1. The monoisotopic (exact) mass is 262 g/mol. The van der Waals surface area contributed by atoms with Crippen molar-refractivity contribution in [3.63, 3.8) is 0 Å². The van der Waals surface area contributed by atoms with Crippen LogP contribution in [0.2, 0.25) is 0 Å². The lowest BCUT2D eigenvalue weighted by Crippen LogP contribution is -2.33. The first kappa shape index (κ1) is 13.9. The minimum Gasteiger partial charge on any atom is -0.508 e. The van der Waals surface area contributed by atoms with Gasteiger partial charge in [-0.3, -0.25) is 4.79 Å². The van der Waals surface area contributed by atoms with Gasteiger partial charge in [0.05, 0.1) is 6.42 Å². The third-order valence-corrected chi connectivity index (χ3v) is 4.02. The summed E-state index contributed by atoms with van der Waals surface area (Å²) in [7, 11) is 0. The molecule has 0 bridgehead atoms. The van der Waals surface area contributed by atoms with Gasteiger partial charge in [0.25, 0.3) is 0 Å². The van der Waals surface area contributed by atoms with Gasteiger partial charge in [0, 0.05) is 12.1 Å². The van der Waals surface area contributed by atoms with E-state index in [0.29, 0.717) is 30.5 Å². The van der Waals surface area contributed by atoms with Crippen LogP contribution < -0.4 is 11.1 Å². The summed E-state index contributed by atoms with van der Waals surface area (Å²) in [6.07, 6.45) is 3.77. The van der Waals surface area contributed by atoms with Gasteiger partial charge in [-0.15, -0.1) is 0 Å². The highest BCUT2D eigenvalue weighted by atomic mass is 16.3. The van der Waals surface area contributed by atoms with E-state index in [4.69, 9.17) is 5.73 Å². The molecule has 4 nitrogen and oxygen atoms in total. The number of nitrogens with two attached hydrogens (primary N) is 1. The number of phenolic OH excluding ortho intramolecular Hbond substituents is 1. The van der Waals surface area contributed by atoms with Crippen LogP contribution in [0.5, 0.6) is 5.75 Å². The summed E-state index contributed by atoms with van der Waals surface area (Å²) in [4.78, 5) is 11.9. The lowest BCUT2D eigenvalue weighted by Gasteiger charge is -2.18. The maximum absolute atomic E-state index is 11.9. The maximum Gasteiger partial charge on any atom is 0.224 e. The van der Waals surface area contributed by atoms with E-state index in [1.807, 2.05) is 6.07 Å². The predicted octanol–water partition coefficient (Wildman–Crippen LogP) is 1.43. The number of aromatic hydroxyl groups is 1. The topological polar surface area (TPSA) is 75.3 Å². The number of benzene rings is 1. The van der Waals surface area contributed by atoms with Gasteiger partial charge in [0.2, 0.25) is 5.91 Å². The highest BCUT2D eigenvalue weighted by Crippen LogP contribution is 2.30. The number of rotatable bonds is 5. The van der Waals surface area contributed by atoms with Crippen molar-refractivity contribution in [2.45, 2.75) is 25.7 Å². The Balaban J connectivity index is 1.80. The lowest BCUT2D eigenvalue weighted by molar-refractivity contribution is -0.120. The van der Waals surface area contributed by atoms with Gasteiger partial charge < -0.3 is 16.2 Å². The zero-order valence-corrected chi connectivity index (χ0v) is 11.1. The zero-order chi connectivity index (χ0) is 13.7. The van der Waals surface area contributed by atoms with E-state index in [9.17, 15) is 9.90 Å². The second-order valence-corrected chi connectivity index (χ2v) is 5.30. The molecule has 0 aromatic heterocycles. The molecule has 1 aromatic carbocycles. The molecule has 2 unspecified atom stereocenters. The largest absolute Gasteiger partial charge is 0.508 e. The molecule has 104 valence electrons. The highest BCUT2D eigenvalue weighted by molar-refractivity contribution is 5.79. The van der Waals surface area contributed by atoms with Crippen LogP contribution >= 0.6 is 0 Å². The molecule has 0 heterocycles. The smallest absolute Gasteiger partial charge is 0.224 e. The van der Waals surface area contributed by atoms with E-state index in [2.05, 4.69) is 5.32 Å². The number of para-hydroxylation sites is 1. The Morgan fingerprint density at radius 3 is 2.79 bits per heavy atom. The molecule has 1 aliphatic rings. The molecule has 2 atom stereocenters. The molecule has 1 aromatic rings. The van der Waals surface area contributed by atoms with Gasteiger partial charge in [0.15, 0.2) is 0 Å². The van der Waals surface area contributed by atoms with Gasteiger partial charge in [-0.1, -0.05) is 24.6 Å². The van der Waals surface area contributed by atoms with Crippen molar-refractivity contribution >= 4 is 5.91 Å². The van der Waals surface area contributed by atoms with Crippen molar-refractivity contribution in [3.8, 4) is 5.75 Å². The molecule has 1 amide bonds. The number of carbonyl (C=O) groups excluding carboxylic acids is 1. The summed E-state index contributed by atoms with van der Waals surface area (Å²) < 4.78 is 0. The molecular formula is C15H22N2O2. The van der Waals surface area contributed by atoms with Crippen LogP contribution in [0, 0.1) is 11.8 Å². The van der Waals surface area contributed by atoms with Crippen molar-refractivity contribution in [1.82, 2.24) is 5.32 Å². The zero-order valence-electron chi connectivity index (χ0n) is 11.1. The van der Waals surface area contributed by atoms with Crippen molar-refractivity contribution < 1.29 is 9.90 Å². The molecule has 1 fully saturated rings. The van der Waals surface area contributed by atoms with E-state index in [-0.39, 0.29) is 18.1 Å². The normalized spacial score (nSPS) is 22.4. The molecule has 1 saturated carbocycles. The van der Waals surface area contributed by atoms with Crippen molar-refractivity contribution in [1.29, 1.82) is 0 Å². The van der Waals surface area contributed by atoms with Crippen LogP contribution in [0.4, 0.5) is 0 Å². The summed E-state index contributed by atoms with van der Waals surface area (Å²) in [6.45, 7) is 1.41. The summed E-state index contributed by atoms with van der Waals surface area (Å²) >= 11 is 0. The Hall–Kier alpha value is -1.55. The Kier molecular flexibility index (Phi) is 4.80. The highest BCUT2D eigenvalue weighted by Gasteiger charge is 2.26. The average molecular weight is 262 g/mol. The quantitative estimate of drug-likeness (QED) is 0.751. The molecule has 0 aliphatic heterocycles. The van der Waals surface area contributed by atoms with Crippen LogP contribution in [0.15, 0.2) is 24.3 Å². The van der Waals surface area contributed by atoms with Gasteiger partial charge >= 0.3 is 0 Å². The third kappa shape index (κ3) is 3.70. The van der Waals surface area contributed by atoms with Gasteiger partial charge in [0.1, 0.15) is 5.75 Å². The van der Waals surface area contributed by atoms with Crippen LogP contribution in [0.25, 0.3) is 0 Å². The molecule has 0 radical (unpaired) electrons. The Morgan fingerprint density at radius 1 is 1.32 bits per heavy atom. The summed E-state index contributed by atoms with van der Waals surface area (Å²) in [5, 5.41) is 12.6. The van der Waals surface area contributed by atoms with E-state index < -0.39 is 0 Å². The molecule has 19 heavy (non-hydrogen) atoms. The van der Waals surface area contributed by atoms with E-state index >= 15 is 0 Å². The molecule has 4 N–H and O–H groups in total. The number of hydrogen-bond donors (Lipinski definition) is 3. The van der Waals surface area contributed by atoms with Crippen molar-refractivity contribution in [3.05, 3.63) is 29.8 Å². The van der Waals surface area contributed by atoms with Crippen molar-refractivity contribution in [2.24, 2.45) is 17.6 Å². The fourth-order valence-corrected chi connectivity index (χ4v) is 2.83. The first-order chi connectivity index (χ1) is 9.20. The van der Waals surface area contributed by atoms with Gasteiger partial charge in [-0.05, 0) is 37.3 Å². The Labute approximate surface area is 114 Å². The maximum atomic E-state index is 11.9. The molecule has 0 spiro atoms. The van der Waals surface area contributed by atoms with E-state index in [1.165, 1.54) is 12.8 Å². The molecule has 0 saturated heterocycles. The number of phenols is 1. The number of amides is 1. The predicted molar refractivity (Wildman–Crippen MR) is 74.7 cm³/mol. The fraction of sp³-hybridized carbons (Fsp3) is 0.533. The molecule has 2 rings (SSSR count). The van der Waals surface area contributed by atoms with Crippen LogP contribution in [-0.2, 0) is 11.2 Å². The standard InChI is InChI=1S/C15H22N2O2/c16-9-12-5-3-6-13(12)10-17-15(19)8-11-4-1-2-7-14(11)18/h1-2,4,7,12-13,18H,3,5-6,8-10,16H2,(H,17,19). The molecule has 1 aliphatic carbocycles. The first-order valence-corrected chi connectivity index (χ1v) is 6.94. The molecule has 4 heteroatoms. The third-order valence-electron chi connectivity index (χ3n) is 4.02. The Morgan fingerprint density at radius 2 is 2.05 bits per heavy atom. The second kappa shape index (κ2) is 6.57. The molecular weight excluding hydrogens is 240 g/mol. The fourth-order valence-electron chi connectivity index (χ4n) is 2.83. The second-order valence-electron chi connectivity index (χ2n) is 5.30. The van der Waals surface area contributed by atoms with Crippen LogP contribution in [-0.4, -0.2) is 24.1 Å². The summed E-state index contributed by atoms with van der Waals surface area (Å²) in [5.74, 6) is 1.20. The van der Waals surface area contributed by atoms with Gasteiger partial charge in [-0.2, -0.15) is 0 Å². The van der Waals surface area contributed by atoms with Gasteiger partial charge in [-0.25, -0.2) is 0 Å². The summed E-state index contributed by atoms with van der Waals surface area (Å²) in [5.41, 5.74) is 6.40. The van der Waals surface area contributed by atoms with Crippen LogP contribution in [0.1, 0.15) is 24.8 Å². The minimum atomic E-state index is -0.0378. The summed E-state index contributed by atoms with van der Waals surface area (Å²) in [6, 6.07) is 6.95. The van der Waals surface area contributed by atoms with E-state index in [0.717, 1.165) is 6.42 Å². The minimum absolute atomic E-state index is 0.0378. The SMILES string of the molecule is NCC1CCCC1CNC(=O)Cc1ccccc1O. The lowest BCUT2D eigenvalue weighted by atomic mass is 9.96.